The summed E-state index contributed by atoms with van der Waals surface area (Å²) < 4.78 is 3.76. The second-order valence-electron chi connectivity index (χ2n) is 6.86. The van der Waals surface area contributed by atoms with Gasteiger partial charge in [-0.1, -0.05) is 48.5 Å². The van der Waals surface area contributed by atoms with Gasteiger partial charge in [0.2, 0.25) is 5.91 Å². The van der Waals surface area contributed by atoms with Crippen molar-refractivity contribution in [2.45, 2.75) is 40.0 Å². The minimum atomic E-state index is -0.175. The van der Waals surface area contributed by atoms with E-state index in [2.05, 4.69) is 15.7 Å². The molecule has 0 aliphatic rings. The third-order valence-corrected chi connectivity index (χ3v) is 5.17. The second kappa shape index (κ2) is 9.98. The van der Waals surface area contributed by atoms with E-state index in [9.17, 15) is 9.59 Å². The fourth-order valence-corrected chi connectivity index (χ4v) is 3.45. The monoisotopic (exact) mass is 423 g/mol. The number of aromatic nitrogens is 3. The lowest BCUT2D eigenvalue weighted by Crippen LogP contribution is -2.28. The molecule has 0 spiro atoms. The van der Waals surface area contributed by atoms with E-state index in [1.165, 1.54) is 4.68 Å². The Morgan fingerprint density at radius 1 is 1.00 bits per heavy atom. The van der Waals surface area contributed by atoms with Crippen molar-refractivity contribution >= 4 is 24.0 Å². The van der Waals surface area contributed by atoms with Crippen LogP contribution in [0.1, 0.15) is 34.2 Å². The fraction of sp³-hybridized carbons (Fsp3) is 0.273. The van der Waals surface area contributed by atoms with Gasteiger partial charge in [0.1, 0.15) is 6.54 Å². The van der Waals surface area contributed by atoms with Crippen molar-refractivity contribution in [1.82, 2.24) is 25.0 Å². The molecule has 30 heavy (non-hydrogen) atoms. The summed E-state index contributed by atoms with van der Waals surface area (Å²) in [4.78, 5) is 24.8. The van der Waals surface area contributed by atoms with Gasteiger partial charge >= 0.3 is 0 Å². The maximum Gasteiger partial charge on any atom is 0.251 e. The van der Waals surface area contributed by atoms with Crippen molar-refractivity contribution in [1.29, 1.82) is 0 Å². The van der Waals surface area contributed by atoms with Crippen LogP contribution in [0.4, 0.5) is 0 Å². The van der Waals surface area contributed by atoms with Crippen molar-refractivity contribution in [3.05, 3.63) is 81.9 Å². The molecule has 156 valence electrons. The van der Waals surface area contributed by atoms with Gasteiger partial charge in [-0.05, 0) is 43.3 Å². The zero-order valence-electron chi connectivity index (χ0n) is 17.1. The van der Waals surface area contributed by atoms with Crippen LogP contribution in [-0.2, 0) is 31.0 Å². The number of benzene rings is 2. The van der Waals surface area contributed by atoms with Crippen LogP contribution in [0.15, 0.2) is 54.6 Å². The predicted octanol–water partition coefficient (Wildman–Crippen LogP) is 2.99. The van der Waals surface area contributed by atoms with Gasteiger partial charge in [-0.15, -0.1) is 0 Å². The molecule has 7 nitrogen and oxygen atoms in total. The van der Waals surface area contributed by atoms with Gasteiger partial charge < -0.3 is 15.2 Å². The van der Waals surface area contributed by atoms with Gasteiger partial charge in [-0.25, -0.2) is 4.68 Å². The molecule has 0 unspecified atom stereocenters. The lowest BCUT2D eigenvalue weighted by molar-refractivity contribution is -0.122. The number of carbonyl (C=O) groups excluding carboxylic acids is 2. The van der Waals surface area contributed by atoms with E-state index < -0.39 is 0 Å². The second-order valence-corrected chi connectivity index (χ2v) is 7.23. The molecule has 0 aliphatic carbocycles. The number of rotatable bonds is 8. The minimum absolute atomic E-state index is 0.0252. The highest BCUT2D eigenvalue weighted by atomic mass is 32.1. The summed E-state index contributed by atoms with van der Waals surface area (Å²) in [6.45, 7) is 5.14. The van der Waals surface area contributed by atoms with E-state index in [4.69, 9.17) is 12.2 Å². The first-order valence-corrected chi connectivity index (χ1v) is 10.2. The van der Waals surface area contributed by atoms with Crippen LogP contribution in [0.25, 0.3) is 0 Å². The van der Waals surface area contributed by atoms with Crippen molar-refractivity contribution in [2.75, 3.05) is 0 Å². The Bertz CT molecular complexity index is 1090. The zero-order valence-corrected chi connectivity index (χ0v) is 17.9. The molecule has 0 atom stereocenters. The molecule has 3 aromatic rings. The number of nitrogens with one attached hydrogen (secondary N) is 2. The Kier molecular flexibility index (Phi) is 7.13. The largest absolute Gasteiger partial charge is 0.350 e. The molecule has 1 aromatic heterocycles. The maximum absolute atomic E-state index is 12.5. The van der Waals surface area contributed by atoms with E-state index in [-0.39, 0.29) is 24.9 Å². The minimum Gasteiger partial charge on any atom is -0.350 e. The van der Waals surface area contributed by atoms with Crippen LogP contribution in [0.5, 0.6) is 0 Å². The van der Waals surface area contributed by atoms with Crippen LogP contribution in [0, 0.1) is 11.7 Å². The van der Waals surface area contributed by atoms with Crippen molar-refractivity contribution in [2.24, 2.45) is 0 Å². The lowest BCUT2D eigenvalue weighted by atomic mass is 10.1. The van der Waals surface area contributed by atoms with Crippen LogP contribution in [0.3, 0.4) is 0 Å². The molecule has 2 N–H and O–H groups in total. The van der Waals surface area contributed by atoms with E-state index in [0.717, 1.165) is 11.1 Å². The Morgan fingerprint density at radius 3 is 2.40 bits per heavy atom. The van der Waals surface area contributed by atoms with E-state index in [0.29, 0.717) is 29.2 Å². The van der Waals surface area contributed by atoms with E-state index in [1.807, 2.05) is 66.9 Å². The third kappa shape index (κ3) is 5.21. The molecule has 0 saturated heterocycles. The first-order valence-electron chi connectivity index (χ1n) is 9.80. The highest BCUT2D eigenvalue weighted by Crippen LogP contribution is 2.08. The van der Waals surface area contributed by atoms with Crippen LogP contribution in [-0.4, -0.2) is 26.2 Å². The molecule has 0 radical (unpaired) electrons. The quantitative estimate of drug-likeness (QED) is 0.546. The molecule has 2 amide bonds. The van der Waals surface area contributed by atoms with Gasteiger partial charge in [0.25, 0.3) is 5.91 Å². The van der Waals surface area contributed by atoms with Crippen LogP contribution in [0.2, 0.25) is 0 Å². The van der Waals surface area contributed by atoms with Crippen LogP contribution >= 0.6 is 12.2 Å². The summed E-state index contributed by atoms with van der Waals surface area (Å²) in [5.41, 5.74) is 2.55. The zero-order chi connectivity index (χ0) is 21.5. The summed E-state index contributed by atoms with van der Waals surface area (Å²) in [5.74, 6) is 0.267. The average molecular weight is 424 g/mol. The molecule has 3 rings (SSSR count). The van der Waals surface area contributed by atoms with E-state index >= 15 is 0 Å². The van der Waals surface area contributed by atoms with Gasteiger partial charge in [0.05, 0.1) is 6.54 Å². The Balaban J connectivity index is 1.65. The Morgan fingerprint density at radius 2 is 1.70 bits per heavy atom. The third-order valence-electron chi connectivity index (χ3n) is 4.74. The summed E-state index contributed by atoms with van der Waals surface area (Å²) in [6, 6.07) is 17.1. The number of amides is 2. The number of hydrogen-bond donors (Lipinski definition) is 2. The summed E-state index contributed by atoms with van der Waals surface area (Å²) in [5, 5.41) is 10.2. The smallest absolute Gasteiger partial charge is 0.251 e. The van der Waals surface area contributed by atoms with E-state index in [1.54, 1.807) is 6.07 Å². The maximum atomic E-state index is 12.5. The van der Waals surface area contributed by atoms with Crippen LogP contribution < -0.4 is 10.6 Å². The molecule has 0 fully saturated rings. The van der Waals surface area contributed by atoms with Crippen molar-refractivity contribution in [3.63, 3.8) is 0 Å². The Hall–Kier alpha value is -3.26. The molecule has 2 aromatic carbocycles. The normalized spacial score (nSPS) is 10.6. The summed E-state index contributed by atoms with van der Waals surface area (Å²) in [7, 11) is 0. The molecule has 0 aliphatic heterocycles. The highest BCUT2D eigenvalue weighted by molar-refractivity contribution is 7.71. The Labute approximate surface area is 180 Å². The molecule has 0 saturated carbocycles. The number of nitrogens with zero attached hydrogens (tertiary/aromatic N) is 3. The van der Waals surface area contributed by atoms with Gasteiger partial charge in [0.15, 0.2) is 10.6 Å². The molecular weight excluding hydrogens is 398 g/mol. The summed E-state index contributed by atoms with van der Waals surface area (Å²) >= 11 is 5.47. The molecule has 0 bridgehead atoms. The highest BCUT2D eigenvalue weighted by Gasteiger charge is 2.14. The predicted molar refractivity (Wildman–Crippen MR) is 117 cm³/mol. The molecular formula is C22H25N5O2S. The number of hydrogen-bond acceptors (Lipinski definition) is 4. The van der Waals surface area contributed by atoms with Crippen molar-refractivity contribution in [3.8, 4) is 0 Å². The SMILES string of the molecule is CCn1c(CNC(=O)c2ccccc2C)nn(CC(=O)NCc2ccccc2)c1=S. The number of aryl methyl sites for hydroxylation is 1. The van der Waals surface area contributed by atoms with Gasteiger partial charge in [-0.3, -0.25) is 9.59 Å². The molecule has 8 heteroatoms. The first-order chi connectivity index (χ1) is 14.5. The standard InChI is InChI=1S/C22H25N5O2S/c1-3-26-19(14-24-21(29)18-12-8-7-9-16(18)2)25-27(22(26)30)15-20(28)23-13-17-10-5-4-6-11-17/h4-12H,3,13-15H2,1-2H3,(H,23,28)(H,24,29). The molecule has 1 heterocycles. The fourth-order valence-electron chi connectivity index (χ4n) is 3.11. The summed E-state index contributed by atoms with van der Waals surface area (Å²) in [6.07, 6.45) is 0. The first kappa shape index (κ1) is 21.4. The van der Waals surface area contributed by atoms with Crippen molar-refractivity contribution < 1.29 is 9.59 Å². The average Bonchev–Trinajstić information content (AvgIpc) is 3.05. The van der Waals surface area contributed by atoms with Gasteiger partial charge in [-0.2, -0.15) is 5.10 Å². The number of carbonyl (C=O) groups is 2. The van der Waals surface area contributed by atoms with Gasteiger partial charge in [0, 0.05) is 18.7 Å². The lowest BCUT2D eigenvalue weighted by Gasteiger charge is -2.07. The topological polar surface area (TPSA) is 81.0 Å².